The average molecular weight is 539 g/mol. The van der Waals surface area contributed by atoms with E-state index in [2.05, 4.69) is 6.08 Å². The summed E-state index contributed by atoms with van der Waals surface area (Å²) >= 11 is 0. The monoisotopic (exact) mass is 538 g/mol. The Bertz CT molecular complexity index is 1440. The lowest BCUT2D eigenvalue weighted by molar-refractivity contribution is -0.144. The molecule has 7 rings (SSSR count). The van der Waals surface area contributed by atoms with Crippen molar-refractivity contribution in [1.82, 2.24) is 4.90 Å². The van der Waals surface area contributed by atoms with Crippen LogP contribution in [0, 0.1) is 29.1 Å². The van der Waals surface area contributed by atoms with Gasteiger partial charge in [-0.05, 0) is 68.4 Å². The van der Waals surface area contributed by atoms with Crippen molar-refractivity contribution >= 4 is 29.3 Å². The molecule has 5 aliphatic rings. The fourth-order valence-electron chi connectivity index (χ4n) is 8.65. The Morgan fingerprint density at radius 1 is 0.850 bits per heavy atom. The normalized spacial score (nSPS) is 34.0. The highest BCUT2D eigenvalue weighted by atomic mass is 16.3. The van der Waals surface area contributed by atoms with Gasteiger partial charge in [0, 0.05) is 12.0 Å². The molecule has 0 aromatic heterocycles. The molecule has 2 aromatic carbocycles. The van der Waals surface area contributed by atoms with Crippen LogP contribution >= 0.6 is 0 Å². The molecule has 0 radical (unpaired) electrons. The number of amides is 4. The number of aromatic hydroxyl groups is 1. The molecule has 206 valence electrons. The van der Waals surface area contributed by atoms with E-state index in [1.165, 1.54) is 4.90 Å². The molecule has 2 saturated carbocycles. The molecular weight excluding hydrogens is 504 g/mol. The minimum absolute atomic E-state index is 0.0400. The molecule has 6 atom stereocenters. The number of nitrogens with zero attached hydrogens (tertiary/aromatic N) is 2. The molecule has 0 bridgehead atoms. The third-order valence-corrected chi connectivity index (χ3v) is 10.5. The predicted molar refractivity (Wildman–Crippen MR) is 148 cm³/mol. The molecule has 0 spiro atoms. The third-order valence-electron chi connectivity index (χ3n) is 10.5. The highest BCUT2D eigenvalue weighted by Crippen LogP contribution is 2.63. The second-order valence-electron chi connectivity index (χ2n) is 12.4. The lowest BCUT2D eigenvalue weighted by Crippen LogP contribution is -2.49. The number of carbonyl (C=O) groups excluding carboxylic acids is 4. The van der Waals surface area contributed by atoms with Crippen molar-refractivity contribution in [2.75, 3.05) is 4.90 Å². The van der Waals surface area contributed by atoms with E-state index in [0.717, 1.165) is 43.2 Å². The largest absolute Gasteiger partial charge is 0.508 e. The highest BCUT2D eigenvalue weighted by molar-refractivity contribution is 6.24. The lowest BCUT2D eigenvalue weighted by atomic mass is 9.51. The van der Waals surface area contributed by atoms with E-state index in [4.69, 9.17) is 0 Å². The molecule has 3 aliphatic carbocycles. The summed E-state index contributed by atoms with van der Waals surface area (Å²) in [5.74, 6) is -3.02. The molecule has 2 saturated heterocycles. The molecule has 2 aromatic rings. The summed E-state index contributed by atoms with van der Waals surface area (Å²) in [6.45, 7) is 1.87. The molecule has 4 fully saturated rings. The van der Waals surface area contributed by atoms with E-state index in [1.807, 2.05) is 31.2 Å². The number of likely N-dealkylation sites (tertiary alicyclic amines) is 1. The zero-order valence-electron chi connectivity index (χ0n) is 22.7. The van der Waals surface area contributed by atoms with Gasteiger partial charge < -0.3 is 5.11 Å². The first-order chi connectivity index (χ1) is 19.3. The van der Waals surface area contributed by atoms with Crippen LogP contribution < -0.4 is 4.90 Å². The zero-order chi connectivity index (χ0) is 27.8. The van der Waals surface area contributed by atoms with Gasteiger partial charge in [0.2, 0.25) is 23.6 Å². The van der Waals surface area contributed by atoms with Gasteiger partial charge in [0.1, 0.15) is 5.75 Å². The van der Waals surface area contributed by atoms with E-state index >= 15 is 0 Å². The first-order valence-corrected chi connectivity index (χ1v) is 14.6. The minimum atomic E-state index is -1.09. The number of fused-ring (bicyclic) bond motifs is 4. The molecular formula is C33H34N2O5. The average Bonchev–Trinajstić information content (AvgIpc) is 3.33. The first kappa shape index (κ1) is 25.2. The van der Waals surface area contributed by atoms with Crippen LogP contribution in [-0.2, 0) is 19.2 Å². The van der Waals surface area contributed by atoms with E-state index in [1.54, 1.807) is 35.2 Å². The van der Waals surface area contributed by atoms with Crippen molar-refractivity contribution < 1.29 is 24.3 Å². The molecule has 0 unspecified atom stereocenters. The van der Waals surface area contributed by atoms with Gasteiger partial charge in [-0.3, -0.25) is 24.1 Å². The first-order valence-electron chi connectivity index (χ1n) is 14.6. The second kappa shape index (κ2) is 9.15. The van der Waals surface area contributed by atoms with Crippen molar-refractivity contribution in [2.24, 2.45) is 29.1 Å². The van der Waals surface area contributed by atoms with Crippen LogP contribution in [0.4, 0.5) is 5.69 Å². The zero-order valence-corrected chi connectivity index (χ0v) is 22.7. The third kappa shape index (κ3) is 3.42. The van der Waals surface area contributed by atoms with Crippen LogP contribution in [0.1, 0.15) is 63.4 Å². The van der Waals surface area contributed by atoms with Gasteiger partial charge in [-0.1, -0.05) is 61.2 Å². The van der Waals surface area contributed by atoms with Crippen molar-refractivity contribution in [3.63, 3.8) is 0 Å². The number of rotatable bonds is 3. The maximum atomic E-state index is 14.3. The van der Waals surface area contributed by atoms with Gasteiger partial charge in [-0.25, -0.2) is 4.90 Å². The summed E-state index contributed by atoms with van der Waals surface area (Å²) in [4.78, 5) is 59.0. The second-order valence-corrected chi connectivity index (χ2v) is 12.4. The Morgan fingerprint density at radius 2 is 1.60 bits per heavy atom. The van der Waals surface area contributed by atoms with Crippen LogP contribution in [0.2, 0.25) is 0 Å². The molecule has 7 heteroatoms. The van der Waals surface area contributed by atoms with Crippen molar-refractivity contribution in [3.05, 3.63) is 71.8 Å². The summed E-state index contributed by atoms with van der Waals surface area (Å²) in [5, 5.41) is 10.4. The van der Waals surface area contributed by atoms with Crippen molar-refractivity contribution in [1.29, 1.82) is 0 Å². The quantitative estimate of drug-likeness (QED) is 0.441. The van der Waals surface area contributed by atoms with Crippen LogP contribution in [0.15, 0.2) is 66.2 Å². The molecule has 2 heterocycles. The molecule has 1 N–H and O–H groups in total. The molecule has 7 nitrogen and oxygen atoms in total. The van der Waals surface area contributed by atoms with Crippen LogP contribution in [0.5, 0.6) is 5.75 Å². The van der Waals surface area contributed by atoms with Gasteiger partial charge in [-0.15, -0.1) is 0 Å². The summed E-state index contributed by atoms with van der Waals surface area (Å²) in [6, 6.07) is 15.9. The minimum Gasteiger partial charge on any atom is -0.508 e. The number of para-hydroxylation sites is 1. The summed E-state index contributed by atoms with van der Waals surface area (Å²) < 4.78 is 0. The molecule has 4 amide bonds. The number of carbonyl (C=O) groups is 4. The van der Waals surface area contributed by atoms with Crippen molar-refractivity contribution in [3.8, 4) is 5.75 Å². The number of anilines is 1. The van der Waals surface area contributed by atoms with Gasteiger partial charge in [-0.2, -0.15) is 0 Å². The Kier molecular flexibility index (Phi) is 5.77. The topological polar surface area (TPSA) is 95.0 Å². The van der Waals surface area contributed by atoms with E-state index < -0.39 is 29.1 Å². The Hall–Kier alpha value is -3.74. The maximum Gasteiger partial charge on any atom is 0.241 e. The molecule has 2 aliphatic heterocycles. The number of hydrogen-bond acceptors (Lipinski definition) is 5. The maximum absolute atomic E-state index is 14.3. The van der Waals surface area contributed by atoms with E-state index in [-0.39, 0.29) is 41.3 Å². The van der Waals surface area contributed by atoms with Crippen molar-refractivity contribution in [2.45, 2.75) is 63.8 Å². The number of phenols is 1. The Balaban J connectivity index is 1.35. The lowest BCUT2D eigenvalue weighted by Gasteiger charge is -2.49. The molecule has 40 heavy (non-hydrogen) atoms. The number of imide groups is 2. The van der Waals surface area contributed by atoms with E-state index in [9.17, 15) is 24.3 Å². The number of benzene rings is 2. The standard InChI is InChI=1S/C33H34N2O5/c1-33-26(30(38)35(32(33)40)21-12-6-3-7-13-21)18-25-23(28(33)19-9-8-14-22(36)17-19)15-16-24-27(25)31(39)34(29(24)37)20-10-4-2-5-11-20/h3,6-9,12-15,17,20,24-28,36H,2,4-5,10-11,16,18H2,1H3/t24-,25+,26-,27-,28-,33+/m0/s1. The summed E-state index contributed by atoms with van der Waals surface area (Å²) in [7, 11) is 0. The SMILES string of the molecule is C[C@@]12C(=O)N(c3ccccc3)C(=O)[C@@H]1C[C@@H]1C(=CC[C@@H]3C(=O)N(C4CCCCC4)C(=O)[C@@H]31)[C@@H]2c1cccc(O)c1. The number of allylic oxidation sites excluding steroid dienone is 2. The highest BCUT2D eigenvalue weighted by Gasteiger charge is 2.67. The van der Waals surface area contributed by atoms with Crippen LogP contribution in [0.25, 0.3) is 0 Å². The van der Waals surface area contributed by atoms with Gasteiger partial charge in [0.25, 0.3) is 0 Å². The van der Waals surface area contributed by atoms with E-state index in [0.29, 0.717) is 18.5 Å². The Labute approximate surface area is 233 Å². The van der Waals surface area contributed by atoms with Gasteiger partial charge >= 0.3 is 0 Å². The number of hydrogen-bond donors (Lipinski definition) is 1. The fourth-order valence-corrected chi connectivity index (χ4v) is 8.65. The van der Waals surface area contributed by atoms with Gasteiger partial charge in [0.05, 0.1) is 28.9 Å². The summed E-state index contributed by atoms with van der Waals surface area (Å²) in [6.07, 6.45) is 7.76. The predicted octanol–water partition coefficient (Wildman–Crippen LogP) is 4.96. The fraction of sp³-hybridized carbons (Fsp3) is 0.455. The van der Waals surface area contributed by atoms with Crippen LogP contribution in [0.3, 0.4) is 0 Å². The summed E-state index contributed by atoms with van der Waals surface area (Å²) in [5.41, 5.74) is 1.14. The van der Waals surface area contributed by atoms with Crippen LogP contribution in [-0.4, -0.2) is 39.7 Å². The smallest absolute Gasteiger partial charge is 0.241 e. The number of phenolic OH excluding ortho intramolecular Hbond substituents is 1. The van der Waals surface area contributed by atoms with Gasteiger partial charge in [0.15, 0.2) is 0 Å². The Morgan fingerprint density at radius 3 is 2.33 bits per heavy atom.